The summed E-state index contributed by atoms with van der Waals surface area (Å²) in [5.74, 6) is -12.4. The Morgan fingerprint density at radius 2 is 0.944 bits per heavy atom. The first-order chi connectivity index (χ1) is 23.8. The van der Waals surface area contributed by atoms with Crippen molar-refractivity contribution in [3.8, 4) is 0 Å². The van der Waals surface area contributed by atoms with Gasteiger partial charge in [0.1, 0.15) is 13.2 Å². The van der Waals surface area contributed by atoms with Crippen molar-refractivity contribution in [2.75, 3.05) is 41.2 Å². The van der Waals surface area contributed by atoms with Gasteiger partial charge >= 0.3 is 51.6 Å². The number of ether oxygens (including phenoxy) is 3. The molecule has 0 amide bonds. The summed E-state index contributed by atoms with van der Waals surface area (Å²) in [6.45, 7) is 6.32. The molecule has 322 valence electrons. The summed E-state index contributed by atoms with van der Waals surface area (Å²) in [7, 11) is 0.0125. The minimum Gasteiger partial charge on any atom is -0.377 e. The highest BCUT2D eigenvalue weighted by atomic mass is 28.4. The van der Waals surface area contributed by atoms with Crippen LogP contribution in [0.3, 0.4) is 0 Å². The van der Waals surface area contributed by atoms with Gasteiger partial charge in [0, 0.05) is 34.0 Å². The highest BCUT2D eigenvalue weighted by molar-refractivity contribution is 6.90. The Morgan fingerprint density at radius 1 is 0.556 bits per heavy atom. The molecular weight excluding hydrogens is 840 g/mol. The normalized spacial score (nSPS) is 15.1. The molecule has 0 aliphatic rings. The Morgan fingerprint density at radius 3 is 1.24 bits per heavy atom. The van der Waals surface area contributed by atoms with Crippen molar-refractivity contribution < 1.29 is 102 Å². The predicted molar refractivity (Wildman–Crippen MR) is 169 cm³/mol. The van der Waals surface area contributed by atoms with E-state index in [1.165, 1.54) is 11.2 Å². The second-order valence-corrected chi connectivity index (χ2v) is 25.8. The van der Waals surface area contributed by atoms with Crippen LogP contribution in [0.1, 0.15) is 13.3 Å². The van der Waals surface area contributed by atoms with Crippen molar-refractivity contribution in [1.82, 2.24) is 0 Å². The van der Waals surface area contributed by atoms with Gasteiger partial charge < -0.3 is 22.8 Å². The summed E-state index contributed by atoms with van der Waals surface area (Å²) < 4.78 is 229. The molecule has 6 nitrogen and oxygen atoms in total. The van der Waals surface area contributed by atoms with E-state index in [9.17, 15) is 74.6 Å². The molecule has 0 N–H and O–H groups in total. The van der Waals surface area contributed by atoms with Crippen molar-refractivity contribution in [3.05, 3.63) is 24.3 Å². The minimum absolute atomic E-state index is 0.806. The van der Waals surface area contributed by atoms with Crippen LogP contribution in [0.2, 0.25) is 44.8 Å². The van der Waals surface area contributed by atoms with Gasteiger partial charge in [-0.2, -0.15) is 57.1 Å². The molecule has 1 aromatic rings. The fourth-order valence-corrected chi connectivity index (χ4v) is 9.81. The standard InChI is InChI=1S/C17H34O3Si3.C10H9F13O3.CF4/c1-18-23(19-2,20-3)15-9-14-22(7,8)17-12-10-16(11-13-17)21(4,5)6;1-2-24-3-5(11,8(15,16)17)26-7(9(18,19)20,10(21,22)23)25-4-6(12,13)14;2-1(3,4)5/h10-13H,9,14-15H2,1-8H3;2-4H2,1H3;. The molecule has 1 unspecified atom stereocenters. The summed E-state index contributed by atoms with van der Waals surface area (Å²) in [6.07, 6.45) is -31.0. The van der Waals surface area contributed by atoms with Gasteiger partial charge in [-0.1, -0.05) is 79.8 Å². The van der Waals surface area contributed by atoms with Crippen molar-refractivity contribution >= 4 is 35.3 Å². The van der Waals surface area contributed by atoms with Crippen LogP contribution in [0.25, 0.3) is 0 Å². The maximum atomic E-state index is 13.8. The van der Waals surface area contributed by atoms with E-state index in [0.717, 1.165) is 19.4 Å². The van der Waals surface area contributed by atoms with Crippen molar-refractivity contribution in [3.63, 3.8) is 0 Å². The van der Waals surface area contributed by atoms with Crippen molar-refractivity contribution in [1.29, 1.82) is 0 Å². The van der Waals surface area contributed by atoms with Crippen molar-refractivity contribution in [2.24, 2.45) is 0 Å². The predicted octanol–water partition coefficient (Wildman–Crippen LogP) is 9.56. The molecule has 0 aromatic heterocycles. The van der Waals surface area contributed by atoms with Crippen LogP contribution < -0.4 is 10.4 Å². The molecule has 54 heavy (non-hydrogen) atoms. The molecule has 0 aliphatic heterocycles. The Kier molecular flexibility index (Phi) is 20.4. The Bertz CT molecular complexity index is 1180. The third-order valence-electron chi connectivity index (χ3n) is 7.16. The van der Waals surface area contributed by atoms with Gasteiger partial charge in [0.05, 0.1) is 16.1 Å². The summed E-state index contributed by atoms with van der Waals surface area (Å²) in [4.78, 5) is 0. The van der Waals surface area contributed by atoms with E-state index in [2.05, 4.69) is 71.2 Å². The van der Waals surface area contributed by atoms with Crippen LogP contribution in [0, 0.1) is 0 Å². The monoisotopic (exact) mass is 882 g/mol. The fraction of sp³-hybridized carbons (Fsp3) is 0.786. The summed E-state index contributed by atoms with van der Waals surface area (Å²) >= 11 is 0. The molecular formula is C28H43F17O6Si3. The topological polar surface area (TPSA) is 55.4 Å². The SMILES string of the molecule is CCOCC(F)(OC(OCC(F)(F)F)(C(F)(F)F)C(F)(F)F)C(F)(F)F.CO[Si](CCC[Si](C)(C)c1ccc([Si](C)(C)C)cc1)(OC)OC.FC(F)(F)F. The zero-order chi connectivity index (χ0) is 43.5. The quantitative estimate of drug-likeness (QED) is 0.0938. The Labute approximate surface area is 303 Å². The fourth-order valence-electron chi connectivity index (χ4n) is 4.15. The van der Waals surface area contributed by atoms with Crippen LogP contribution in [-0.2, 0) is 27.5 Å². The maximum Gasteiger partial charge on any atom is 0.559 e. The number of rotatable bonds is 16. The van der Waals surface area contributed by atoms with Crippen LogP contribution in [0.4, 0.5) is 74.6 Å². The zero-order valence-corrected chi connectivity index (χ0v) is 33.4. The van der Waals surface area contributed by atoms with Crippen molar-refractivity contribution in [2.45, 2.75) is 101 Å². The van der Waals surface area contributed by atoms with Gasteiger partial charge in [-0.3, -0.25) is 4.74 Å². The largest absolute Gasteiger partial charge is 0.559 e. The minimum atomic E-state index is -7.08. The lowest BCUT2D eigenvalue weighted by molar-refractivity contribution is -0.526. The average molecular weight is 883 g/mol. The molecule has 0 radical (unpaired) electrons. The van der Waals surface area contributed by atoms with Crippen LogP contribution in [-0.4, -0.2) is 109 Å². The first-order valence-corrected chi connectivity index (χ1v) is 23.9. The van der Waals surface area contributed by atoms with Gasteiger partial charge in [0.15, 0.2) is 0 Å². The van der Waals surface area contributed by atoms with E-state index >= 15 is 0 Å². The van der Waals surface area contributed by atoms with E-state index in [-0.39, 0.29) is 0 Å². The number of benzene rings is 1. The zero-order valence-electron chi connectivity index (χ0n) is 30.4. The molecule has 0 heterocycles. The molecule has 0 bridgehead atoms. The van der Waals surface area contributed by atoms with Crippen LogP contribution in [0.15, 0.2) is 24.3 Å². The molecule has 0 saturated carbocycles. The summed E-state index contributed by atoms with van der Waals surface area (Å²) in [6, 6.07) is 11.6. The average Bonchev–Trinajstić information content (AvgIpc) is 2.97. The molecule has 0 saturated heterocycles. The summed E-state index contributed by atoms with van der Waals surface area (Å²) in [5.41, 5.74) is 0. The third kappa shape index (κ3) is 18.1. The third-order valence-corrected chi connectivity index (χ3v) is 15.6. The first kappa shape index (κ1) is 54.5. The lowest BCUT2D eigenvalue weighted by atomic mass is 10.2. The highest BCUT2D eigenvalue weighted by Crippen LogP contribution is 2.52. The molecule has 26 heteroatoms. The van der Waals surface area contributed by atoms with Gasteiger partial charge in [-0.15, -0.1) is 17.6 Å². The van der Waals surface area contributed by atoms with E-state index in [0.29, 0.717) is 0 Å². The van der Waals surface area contributed by atoms with Gasteiger partial charge in [0.25, 0.3) is 0 Å². The number of hydrogen-bond donors (Lipinski definition) is 0. The van der Waals surface area contributed by atoms with E-state index in [1.807, 2.05) is 0 Å². The first-order valence-electron chi connectivity index (χ1n) is 15.2. The molecule has 0 spiro atoms. The summed E-state index contributed by atoms with van der Waals surface area (Å²) in [5, 5.41) is 3.08. The molecule has 1 rings (SSSR count). The number of halogens is 17. The number of hydrogen-bond acceptors (Lipinski definition) is 6. The lowest BCUT2D eigenvalue weighted by Crippen LogP contribution is -2.67. The smallest absolute Gasteiger partial charge is 0.377 e. The van der Waals surface area contributed by atoms with Gasteiger partial charge in [-0.25, -0.2) is 0 Å². The lowest BCUT2D eigenvalue weighted by Gasteiger charge is -2.41. The van der Waals surface area contributed by atoms with Crippen LogP contribution >= 0.6 is 0 Å². The molecule has 0 aliphatic carbocycles. The molecule has 1 atom stereocenters. The van der Waals surface area contributed by atoms with Gasteiger partial charge in [0.2, 0.25) is 0 Å². The maximum absolute atomic E-state index is 13.8. The van der Waals surface area contributed by atoms with E-state index in [1.54, 1.807) is 26.5 Å². The molecule has 1 aromatic carbocycles. The Balaban J connectivity index is 0. The second kappa shape index (κ2) is 20.2. The van der Waals surface area contributed by atoms with Crippen LogP contribution in [0.5, 0.6) is 0 Å². The second-order valence-electron chi connectivity index (χ2n) is 12.8. The van der Waals surface area contributed by atoms with E-state index in [4.69, 9.17) is 13.3 Å². The Hall–Kier alpha value is -1.56. The highest BCUT2D eigenvalue weighted by Gasteiger charge is 2.80. The van der Waals surface area contributed by atoms with E-state index < -0.39 is 87.6 Å². The van der Waals surface area contributed by atoms with Gasteiger partial charge in [-0.05, 0) is 6.92 Å². The molecule has 0 fully saturated rings. The number of alkyl halides is 17.